The second-order valence-corrected chi connectivity index (χ2v) is 6.35. The SMILES string of the molecule is CCOc1ccc(-c2noc(CCC(=O)Nc3ccc(Cl)c([N+](=O)[O-])c3)n2)cc1. The van der Waals surface area contributed by atoms with E-state index < -0.39 is 4.92 Å². The van der Waals surface area contributed by atoms with E-state index >= 15 is 0 Å². The van der Waals surface area contributed by atoms with Crippen molar-refractivity contribution in [3.63, 3.8) is 0 Å². The fourth-order valence-corrected chi connectivity index (χ4v) is 2.70. The highest BCUT2D eigenvalue weighted by Gasteiger charge is 2.15. The zero-order valence-electron chi connectivity index (χ0n) is 15.4. The first-order chi connectivity index (χ1) is 14.0. The van der Waals surface area contributed by atoms with Crippen molar-refractivity contribution in [3.8, 4) is 17.1 Å². The van der Waals surface area contributed by atoms with E-state index in [4.69, 9.17) is 20.9 Å². The van der Waals surface area contributed by atoms with Crippen LogP contribution in [0.25, 0.3) is 11.4 Å². The third kappa shape index (κ3) is 5.29. The smallest absolute Gasteiger partial charge is 0.289 e. The van der Waals surface area contributed by atoms with Gasteiger partial charge in [0.15, 0.2) is 0 Å². The number of amides is 1. The predicted molar refractivity (Wildman–Crippen MR) is 106 cm³/mol. The highest BCUT2D eigenvalue weighted by atomic mass is 35.5. The number of carbonyl (C=O) groups excluding carboxylic acids is 1. The van der Waals surface area contributed by atoms with Crippen LogP contribution in [0.4, 0.5) is 11.4 Å². The van der Waals surface area contributed by atoms with Crippen LogP contribution >= 0.6 is 11.6 Å². The van der Waals surface area contributed by atoms with Gasteiger partial charge in [-0.2, -0.15) is 4.98 Å². The Morgan fingerprint density at radius 1 is 1.28 bits per heavy atom. The number of hydrogen-bond donors (Lipinski definition) is 1. The number of nitrogens with one attached hydrogen (secondary N) is 1. The van der Waals surface area contributed by atoms with Gasteiger partial charge in [0.05, 0.1) is 11.5 Å². The summed E-state index contributed by atoms with van der Waals surface area (Å²) in [4.78, 5) is 26.7. The molecule has 10 heteroatoms. The number of aryl methyl sites for hydroxylation is 1. The van der Waals surface area contributed by atoms with Crippen molar-refractivity contribution < 1.29 is 19.0 Å². The van der Waals surface area contributed by atoms with E-state index in [0.29, 0.717) is 18.3 Å². The summed E-state index contributed by atoms with van der Waals surface area (Å²) in [5.74, 6) is 1.13. The van der Waals surface area contributed by atoms with Gasteiger partial charge in [-0.15, -0.1) is 0 Å². The number of nitro benzene ring substituents is 1. The molecule has 3 aromatic rings. The molecule has 0 saturated carbocycles. The molecule has 29 heavy (non-hydrogen) atoms. The zero-order valence-corrected chi connectivity index (χ0v) is 16.2. The van der Waals surface area contributed by atoms with E-state index in [1.54, 1.807) is 0 Å². The van der Waals surface area contributed by atoms with Crippen molar-refractivity contribution in [2.75, 3.05) is 11.9 Å². The molecule has 0 aliphatic rings. The maximum absolute atomic E-state index is 12.1. The summed E-state index contributed by atoms with van der Waals surface area (Å²) in [7, 11) is 0. The molecule has 1 N–H and O–H groups in total. The second-order valence-electron chi connectivity index (χ2n) is 5.94. The van der Waals surface area contributed by atoms with Crippen molar-refractivity contribution in [2.24, 2.45) is 0 Å². The van der Waals surface area contributed by atoms with E-state index in [1.165, 1.54) is 18.2 Å². The average molecular weight is 417 g/mol. The molecule has 0 aliphatic carbocycles. The van der Waals surface area contributed by atoms with E-state index in [0.717, 1.165) is 11.3 Å². The first kappa shape index (κ1) is 20.3. The van der Waals surface area contributed by atoms with Crippen LogP contribution in [0.15, 0.2) is 47.0 Å². The van der Waals surface area contributed by atoms with Gasteiger partial charge in [-0.05, 0) is 43.3 Å². The van der Waals surface area contributed by atoms with Crippen molar-refractivity contribution >= 4 is 28.9 Å². The van der Waals surface area contributed by atoms with Gasteiger partial charge < -0.3 is 14.6 Å². The Bertz CT molecular complexity index is 1020. The summed E-state index contributed by atoms with van der Waals surface area (Å²) < 4.78 is 10.6. The molecule has 0 aliphatic heterocycles. The number of nitro groups is 1. The Kier molecular flexibility index (Phi) is 6.40. The predicted octanol–water partition coefficient (Wildman–Crippen LogP) is 4.27. The monoisotopic (exact) mass is 416 g/mol. The topological polar surface area (TPSA) is 120 Å². The van der Waals surface area contributed by atoms with Gasteiger partial charge in [-0.3, -0.25) is 14.9 Å². The number of nitrogens with zero attached hydrogens (tertiary/aromatic N) is 3. The van der Waals surface area contributed by atoms with Crippen LogP contribution in [0.3, 0.4) is 0 Å². The maximum Gasteiger partial charge on any atom is 0.289 e. The summed E-state index contributed by atoms with van der Waals surface area (Å²) in [6.07, 6.45) is 0.298. The molecule has 0 radical (unpaired) electrons. The van der Waals surface area contributed by atoms with Gasteiger partial charge in [0, 0.05) is 30.2 Å². The minimum absolute atomic E-state index is 0.000627. The lowest BCUT2D eigenvalue weighted by molar-refractivity contribution is -0.384. The van der Waals surface area contributed by atoms with Gasteiger partial charge in [0.25, 0.3) is 5.69 Å². The fourth-order valence-electron chi connectivity index (χ4n) is 2.51. The average Bonchev–Trinajstić information content (AvgIpc) is 3.17. The first-order valence-corrected chi connectivity index (χ1v) is 9.13. The molecule has 1 heterocycles. The Hall–Kier alpha value is -3.46. The van der Waals surface area contributed by atoms with Gasteiger partial charge >= 0.3 is 0 Å². The van der Waals surface area contributed by atoms with Crippen molar-refractivity contribution in [2.45, 2.75) is 19.8 Å². The molecule has 0 saturated heterocycles. The fraction of sp³-hybridized carbons (Fsp3) is 0.211. The van der Waals surface area contributed by atoms with E-state index in [9.17, 15) is 14.9 Å². The number of carbonyl (C=O) groups is 1. The molecule has 0 fully saturated rings. The number of benzene rings is 2. The molecule has 0 atom stereocenters. The van der Waals surface area contributed by atoms with Crippen LogP contribution in [-0.4, -0.2) is 27.6 Å². The van der Waals surface area contributed by atoms with E-state index in [-0.39, 0.29) is 35.1 Å². The van der Waals surface area contributed by atoms with Crippen LogP contribution in [0.5, 0.6) is 5.75 Å². The quantitative estimate of drug-likeness (QED) is 0.430. The molecule has 0 bridgehead atoms. The molecule has 150 valence electrons. The standard InChI is InChI=1S/C19H17ClN4O5/c1-2-28-14-6-3-12(4-7-14)19-22-18(29-23-19)10-9-17(25)21-13-5-8-15(20)16(11-13)24(26)27/h3-8,11H,2,9-10H2,1H3,(H,21,25). The molecule has 1 amide bonds. The van der Waals surface area contributed by atoms with Crippen LogP contribution in [-0.2, 0) is 11.2 Å². The molecular formula is C19H17ClN4O5. The van der Waals surface area contributed by atoms with Crippen molar-refractivity contribution in [3.05, 3.63) is 63.5 Å². The normalized spacial score (nSPS) is 10.6. The molecule has 3 rings (SSSR count). The lowest BCUT2D eigenvalue weighted by Crippen LogP contribution is -2.12. The molecule has 9 nitrogen and oxygen atoms in total. The largest absolute Gasteiger partial charge is 0.494 e. The Morgan fingerprint density at radius 2 is 2.03 bits per heavy atom. The molecule has 0 spiro atoms. The summed E-state index contributed by atoms with van der Waals surface area (Å²) in [5.41, 5.74) is 0.773. The molecule has 1 aromatic heterocycles. The zero-order chi connectivity index (χ0) is 20.8. The lowest BCUT2D eigenvalue weighted by Gasteiger charge is -2.04. The maximum atomic E-state index is 12.1. The van der Waals surface area contributed by atoms with Crippen LogP contribution in [0.1, 0.15) is 19.2 Å². The van der Waals surface area contributed by atoms with Gasteiger partial charge in [0.2, 0.25) is 17.6 Å². The third-order valence-electron chi connectivity index (χ3n) is 3.88. The highest BCUT2D eigenvalue weighted by Crippen LogP contribution is 2.27. The highest BCUT2D eigenvalue weighted by molar-refractivity contribution is 6.32. The number of rotatable bonds is 8. The second kappa shape index (κ2) is 9.16. The summed E-state index contributed by atoms with van der Waals surface area (Å²) >= 11 is 5.76. The number of halogens is 1. The Morgan fingerprint density at radius 3 is 2.72 bits per heavy atom. The number of anilines is 1. The summed E-state index contributed by atoms with van der Waals surface area (Å²) in [6, 6.07) is 11.3. The third-order valence-corrected chi connectivity index (χ3v) is 4.20. The van der Waals surface area contributed by atoms with Gasteiger partial charge in [0.1, 0.15) is 10.8 Å². The van der Waals surface area contributed by atoms with E-state index in [2.05, 4.69) is 15.5 Å². The molecule has 0 unspecified atom stereocenters. The van der Waals surface area contributed by atoms with Crippen molar-refractivity contribution in [1.29, 1.82) is 0 Å². The summed E-state index contributed by atoms with van der Waals surface area (Å²) in [5, 5.41) is 17.4. The van der Waals surface area contributed by atoms with Crippen LogP contribution < -0.4 is 10.1 Å². The Balaban J connectivity index is 1.57. The first-order valence-electron chi connectivity index (χ1n) is 8.76. The van der Waals surface area contributed by atoms with Crippen LogP contribution in [0, 0.1) is 10.1 Å². The Labute approximate surface area is 170 Å². The lowest BCUT2D eigenvalue weighted by atomic mass is 10.2. The number of ether oxygens (including phenoxy) is 1. The number of hydrogen-bond acceptors (Lipinski definition) is 7. The van der Waals surface area contributed by atoms with Crippen LogP contribution in [0.2, 0.25) is 5.02 Å². The molecular weight excluding hydrogens is 400 g/mol. The number of aromatic nitrogens is 2. The van der Waals surface area contributed by atoms with Crippen molar-refractivity contribution in [1.82, 2.24) is 10.1 Å². The minimum Gasteiger partial charge on any atom is -0.494 e. The summed E-state index contributed by atoms with van der Waals surface area (Å²) in [6.45, 7) is 2.49. The minimum atomic E-state index is -0.612. The van der Waals surface area contributed by atoms with Gasteiger partial charge in [-0.25, -0.2) is 0 Å². The van der Waals surface area contributed by atoms with E-state index in [1.807, 2.05) is 31.2 Å². The molecule has 2 aromatic carbocycles. The van der Waals surface area contributed by atoms with Gasteiger partial charge in [-0.1, -0.05) is 16.8 Å².